The van der Waals surface area contributed by atoms with E-state index in [9.17, 15) is 13.6 Å². The van der Waals surface area contributed by atoms with E-state index < -0.39 is 29.3 Å². The molecule has 0 aliphatic rings. The lowest BCUT2D eigenvalue weighted by Gasteiger charge is -2.27. The number of hydrogen-bond acceptors (Lipinski definition) is 4. The molecule has 0 aliphatic carbocycles. The summed E-state index contributed by atoms with van der Waals surface area (Å²) in [6.07, 6.45) is 0.841. The first-order chi connectivity index (χ1) is 14.0. The molecule has 0 unspecified atom stereocenters. The number of benzene rings is 1. The number of methoxy groups -OCH3 is 1. The molecule has 0 aliphatic heterocycles. The van der Waals surface area contributed by atoms with Crippen molar-refractivity contribution in [1.29, 1.82) is 0 Å². The fourth-order valence-corrected chi connectivity index (χ4v) is 4.35. The van der Waals surface area contributed by atoms with Gasteiger partial charge >= 0.3 is 5.97 Å². The van der Waals surface area contributed by atoms with E-state index in [4.69, 9.17) is 9.47 Å². The van der Waals surface area contributed by atoms with Gasteiger partial charge in [-0.2, -0.15) is 0 Å². The zero-order chi connectivity index (χ0) is 22.2. The Morgan fingerprint density at radius 3 is 2.60 bits per heavy atom. The van der Waals surface area contributed by atoms with Crippen molar-refractivity contribution in [3.63, 3.8) is 0 Å². The molecule has 0 saturated heterocycles. The summed E-state index contributed by atoms with van der Waals surface area (Å²) in [6.45, 7) is 7.51. The SMILES string of the molecule is COC(=O)[C@@H](OC(C)(C)C)c1c(C)nc2c(ccn2Cc2cccc(F)c2F)c1I. The van der Waals surface area contributed by atoms with Crippen molar-refractivity contribution in [3.8, 4) is 0 Å². The number of hydrogen-bond donors (Lipinski definition) is 0. The van der Waals surface area contributed by atoms with Crippen molar-refractivity contribution >= 4 is 39.6 Å². The van der Waals surface area contributed by atoms with Crippen molar-refractivity contribution in [2.45, 2.75) is 45.9 Å². The lowest BCUT2D eigenvalue weighted by molar-refractivity contribution is -0.164. The Kier molecular flexibility index (Phi) is 6.47. The average Bonchev–Trinajstić information content (AvgIpc) is 3.05. The predicted molar refractivity (Wildman–Crippen MR) is 118 cm³/mol. The molecule has 2 aromatic heterocycles. The molecule has 3 rings (SSSR count). The topological polar surface area (TPSA) is 53.4 Å². The minimum atomic E-state index is -0.928. The molecule has 160 valence electrons. The summed E-state index contributed by atoms with van der Waals surface area (Å²) < 4.78 is 41.2. The molecule has 5 nitrogen and oxygen atoms in total. The molecular formula is C22H23F2IN2O3. The Labute approximate surface area is 187 Å². The highest BCUT2D eigenvalue weighted by molar-refractivity contribution is 14.1. The standard InChI is InChI=1S/C22H23F2IN2O3/c1-12-16(19(21(28)29-5)30-22(2,3)4)18(25)14-9-10-27(20(14)26-12)11-13-7-6-8-15(23)17(13)24/h6-10,19H,11H2,1-5H3/t19-/m0/s1. The quantitative estimate of drug-likeness (QED) is 0.333. The van der Waals surface area contributed by atoms with Crippen LogP contribution in [0.4, 0.5) is 8.78 Å². The number of esters is 1. The number of pyridine rings is 1. The highest BCUT2D eigenvalue weighted by atomic mass is 127. The van der Waals surface area contributed by atoms with Gasteiger partial charge in [0, 0.05) is 32.0 Å². The number of aryl methyl sites for hydroxylation is 1. The third-order valence-corrected chi connectivity index (χ3v) is 5.75. The van der Waals surface area contributed by atoms with Crippen LogP contribution in [0.5, 0.6) is 0 Å². The third kappa shape index (κ3) is 4.49. The van der Waals surface area contributed by atoms with Gasteiger partial charge in [0.2, 0.25) is 0 Å². The maximum atomic E-state index is 14.1. The average molecular weight is 528 g/mol. The van der Waals surface area contributed by atoms with E-state index in [-0.39, 0.29) is 12.1 Å². The minimum Gasteiger partial charge on any atom is -0.467 e. The van der Waals surface area contributed by atoms with Crippen LogP contribution in [0.1, 0.15) is 43.7 Å². The molecular weight excluding hydrogens is 505 g/mol. The molecule has 0 spiro atoms. The van der Waals surface area contributed by atoms with Gasteiger partial charge in [-0.15, -0.1) is 0 Å². The van der Waals surface area contributed by atoms with Crippen LogP contribution in [-0.4, -0.2) is 28.2 Å². The number of carbonyl (C=O) groups is 1. The fourth-order valence-electron chi connectivity index (χ4n) is 3.26. The van der Waals surface area contributed by atoms with Crippen LogP contribution < -0.4 is 0 Å². The van der Waals surface area contributed by atoms with Crippen molar-refractivity contribution in [1.82, 2.24) is 9.55 Å². The largest absolute Gasteiger partial charge is 0.467 e. The Bertz CT molecular complexity index is 1110. The van der Waals surface area contributed by atoms with E-state index in [1.54, 1.807) is 23.8 Å². The van der Waals surface area contributed by atoms with Gasteiger partial charge in [0.05, 0.1) is 19.3 Å². The first kappa shape index (κ1) is 22.6. The Balaban J connectivity index is 2.10. The molecule has 2 heterocycles. The zero-order valence-electron chi connectivity index (χ0n) is 17.4. The molecule has 0 N–H and O–H groups in total. The molecule has 0 saturated carbocycles. The maximum absolute atomic E-state index is 14.1. The predicted octanol–water partition coefficient (Wildman–Crippen LogP) is 5.31. The van der Waals surface area contributed by atoms with Crippen LogP contribution >= 0.6 is 22.6 Å². The second kappa shape index (κ2) is 8.58. The van der Waals surface area contributed by atoms with E-state index in [2.05, 4.69) is 27.6 Å². The monoisotopic (exact) mass is 528 g/mol. The van der Waals surface area contributed by atoms with E-state index in [0.29, 0.717) is 16.9 Å². The first-order valence-corrected chi connectivity index (χ1v) is 10.4. The fraction of sp³-hybridized carbons (Fsp3) is 0.364. The highest BCUT2D eigenvalue weighted by Gasteiger charge is 2.32. The number of ether oxygens (including phenoxy) is 2. The van der Waals surface area contributed by atoms with Crippen LogP contribution in [0.2, 0.25) is 0 Å². The summed E-state index contributed by atoms with van der Waals surface area (Å²) in [5.74, 6) is -2.26. The Morgan fingerprint density at radius 2 is 1.97 bits per heavy atom. The van der Waals surface area contributed by atoms with Gasteiger partial charge in [-0.3, -0.25) is 0 Å². The number of nitrogens with zero attached hydrogens (tertiary/aromatic N) is 2. The second-order valence-corrected chi connectivity index (χ2v) is 9.03. The van der Waals surface area contributed by atoms with Crippen molar-refractivity contribution < 1.29 is 23.0 Å². The highest BCUT2D eigenvalue weighted by Crippen LogP contribution is 2.35. The lowest BCUT2D eigenvalue weighted by atomic mass is 10.0. The van der Waals surface area contributed by atoms with E-state index in [1.165, 1.54) is 13.2 Å². The molecule has 0 radical (unpaired) electrons. The molecule has 1 aromatic carbocycles. The first-order valence-electron chi connectivity index (χ1n) is 9.37. The molecule has 0 bridgehead atoms. The van der Waals surface area contributed by atoms with Crippen molar-refractivity contribution in [2.75, 3.05) is 7.11 Å². The smallest absolute Gasteiger partial charge is 0.339 e. The molecule has 0 amide bonds. The number of aromatic nitrogens is 2. The van der Waals surface area contributed by atoms with E-state index in [0.717, 1.165) is 15.0 Å². The van der Waals surface area contributed by atoms with Gasteiger partial charge in [-0.1, -0.05) is 12.1 Å². The minimum absolute atomic E-state index is 0.133. The number of halogens is 3. The van der Waals surface area contributed by atoms with Crippen LogP contribution in [0.25, 0.3) is 11.0 Å². The second-order valence-electron chi connectivity index (χ2n) is 7.95. The van der Waals surface area contributed by atoms with Crippen molar-refractivity contribution in [3.05, 3.63) is 62.5 Å². The molecule has 1 atom stereocenters. The zero-order valence-corrected chi connectivity index (χ0v) is 19.6. The van der Waals surface area contributed by atoms with Gasteiger partial charge in [0.15, 0.2) is 17.7 Å². The van der Waals surface area contributed by atoms with Gasteiger partial charge in [0.1, 0.15) is 5.65 Å². The number of carbonyl (C=O) groups excluding carboxylic acids is 1. The van der Waals surface area contributed by atoms with Crippen LogP contribution in [-0.2, 0) is 20.8 Å². The summed E-state index contributed by atoms with van der Waals surface area (Å²) in [7, 11) is 1.32. The third-order valence-electron chi connectivity index (χ3n) is 4.59. The summed E-state index contributed by atoms with van der Waals surface area (Å²) in [5.41, 5.74) is 1.51. The lowest BCUT2D eigenvalue weighted by Crippen LogP contribution is -2.29. The molecule has 30 heavy (non-hydrogen) atoms. The van der Waals surface area contributed by atoms with Gasteiger partial charge in [0.25, 0.3) is 0 Å². The van der Waals surface area contributed by atoms with E-state index in [1.807, 2.05) is 26.8 Å². The molecule has 0 fully saturated rings. The normalized spacial score (nSPS) is 12.9. The van der Waals surface area contributed by atoms with Crippen LogP contribution in [0.3, 0.4) is 0 Å². The summed E-state index contributed by atoms with van der Waals surface area (Å²) in [6, 6.07) is 5.95. The Morgan fingerprint density at radius 1 is 1.27 bits per heavy atom. The number of rotatable bonds is 5. The molecule has 3 aromatic rings. The molecule has 8 heteroatoms. The van der Waals surface area contributed by atoms with E-state index >= 15 is 0 Å². The van der Waals surface area contributed by atoms with Crippen molar-refractivity contribution in [2.24, 2.45) is 0 Å². The summed E-state index contributed by atoms with van der Waals surface area (Å²) in [4.78, 5) is 17.2. The van der Waals surface area contributed by atoms with Gasteiger partial charge < -0.3 is 14.0 Å². The Hall–Kier alpha value is -2.07. The summed E-state index contributed by atoms with van der Waals surface area (Å²) >= 11 is 2.16. The van der Waals surface area contributed by atoms with Crippen LogP contribution in [0.15, 0.2) is 30.5 Å². The van der Waals surface area contributed by atoms with Gasteiger partial charge in [-0.25, -0.2) is 18.6 Å². The number of fused-ring (bicyclic) bond motifs is 1. The van der Waals surface area contributed by atoms with Crippen LogP contribution in [0, 0.1) is 22.1 Å². The summed E-state index contributed by atoms with van der Waals surface area (Å²) in [5, 5.41) is 0.791. The van der Waals surface area contributed by atoms with Gasteiger partial charge in [-0.05, 0) is 62.4 Å². The maximum Gasteiger partial charge on any atom is 0.339 e.